The number of benzene rings is 1. The first kappa shape index (κ1) is 22.6. The second kappa shape index (κ2) is 8.37. The number of carbonyl (C=O) groups is 2. The van der Waals surface area contributed by atoms with Crippen molar-refractivity contribution in [2.75, 3.05) is 5.32 Å². The fourth-order valence-corrected chi connectivity index (χ4v) is 3.22. The highest BCUT2D eigenvalue weighted by atomic mass is 35.5. The molecule has 0 radical (unpaired) electrons. The van der Waals surface area contributed by atoms with Crippen LogP contribution in [-0.4, -0.2) is 36.8 Å². The number of anilines is 1. The number of nitrogens with one attached hydrogen (secondary N) is 2. The van der Waals surface area contributed by atoms with E-state index in [-0.39, 0.29) is 22.3 Å². The molecule has 0 bridgehead atoms. The van der Waals surface area contributed by atoms with Crippen LogP contribution in [0.4, 0.5) is 18.9 Å². The van der Waals surface area contributed by atoms with Crippen molar-refractivity contribution >= 4 is 38.9 Å². The van der Waals surface area contributed by atoms with Crippen molar-refractivity contribution in [3.05, 3.63) is 52.7 Å². The number of aromatic nitrogens is 1. The number of rotatable bonds is 5. The summed E-state index contributed by atoms with van der Waals surface area (Å²) in [6.45, 7) is 3.48. The van der Waals surface area contributed by atoms with Crippen molar-refractivity contribution in [2.45, 2.75) is 30.4 Å². The lowest BCUT2D eigenvalue weighted by atomic mass is 10.1. The van der Waals surface area contributed by atoms with E-state index in [1.165, 1.54) is 18.2 Å². The highest BCUT2D eigenvalue weighted by molar-refractivity contribution is 7.92. The van der Waals surface area contributed by atoms with Gasteiger partial charge in [0.2, 0.25) is 0 Å². The Bertz CT molecular complexity index is 1060. The topological polar surface area (TPSA) is 105 Å². The first-order valence-electron chi connectivity index (χ1n) is 8.02. The van der Waals surface area contributed by atoms with Crippen LogP contribution in [0.2, 0.25) is 5.02 Å². The third kappa shape index (κ3) is 5.04. The summed E-state index contributed by atoms with van der Waals surface area (Å²) in [5.74, 6) is -1.65. The zero-order chi connectivity index (χ0) is 22.0. The van der Waals surface area contributed by atoms with Crippen LogP contribution >= 0.6 is 11.6 Å². The van der Waals surface area contributed by atoms with Crippen LogP contribution in [0.15, 0.2) is 41.6 Å². The molecule has 1 aromatic carbocycles. The molecule has 156 valence electrons. The maximum Gasteiger partial charge on any atom is 0.503 e. The molecule has 0 atom stereocenters. The summed E-state index contributed by atoms with van der Waals surface area (Å²) in [5.41, 5.74) is -6.42. The highest BCUT2D eigenvalue weighted by Crippen LogP contribution is 2.31. The van der Waals surface area contributed by atoms with Gasteiger partial charge < -0.3 is 10.6 Å². The summed E-state index contributed by atoms with van der Waals surface area (Å²) >= 11 is 5.98. The van der Waals surface area contributed by atoms with Gasteiger partial charge in [-0.25, -0.2) is 13.4 Å². The Morgan fingerprint density at radius 1 is 1.14 bits per heavy atom. The standard InChI is InChI=1S/C17H15ClF3N3O4S/c1-9(2)23-14(25)10-5-6-12(18)13(8-10)24-15(26)11-4-3-7-22-16(11)29(27,28)17(19,20)21/h3-9H,1-2H3,(H,23,25)(H,24,26). The van der Waals surface area contributed by atoms with E-state index in [4.69, 9.17) is 11.6 Å². The smallest absolute Gasteiger partial charge is 0.350 e. The molecule has 2 amide bonds. The second-order valence-corrected chi connectivity index (χ2v) is 8.35. The lowest BCUT2D eigenvalue weighted by Gasteiger charge is -2.13. The van der Waals surface area contributed by atoms with Crippen LogP contribution in [0.5, 0.6) is 0 Å². The molecule has 0 aliphatic carbocycles. The van der Waals surface area contributed by atoms with Crippen molar-refractivity contribution in [2.24, 2.45) is 0 Å². The molecule has 0 fully saturated rings. The average Bonchev–Trinajstić information content (AvgIpc) is 2.61. The third-order valence-electron chi connectivity index (χ3n) is 3.47. The molecule has 2 rings (SSSR count). The van der Waals surface area contributed by atoms with E-state index in [0.29, 0.717) is 0 Å². The number of hydrogen-bond donors (Lipinski definition) is 2. The normalized spacial score (nSPS) is 12.0. The molecule has 0 saturated carbocycles. The molecule has 0 aliphatic rings. The zero-order valence-corrected chi connectivity index (χ0v) is 16.6. The minimum absolute atomic E-state index is 0.0106. The fourth-order valence-electron chi connectivity index (χ4n) is 2.18. The molecule has 2 N–H and O–H groups in total. The maximum atomic E-state index is 12.9. The first-order valence-corrected chi connectivity index (χ1v) is 9.89. The van der Waals surface area contributed by atoms with Crippen molar-refractivity contribution in [3.8, 4) is 0 Å². The molecule has 1 aromatic heterocycles. The fraction of sp³-hybridized carbons (Fsp3) is 0.235. The summed E-state index contributed by atoms with van der Waals surface area (Å²) < 4.78 is 62.0. The largest absolute Gasteiger partial charge is 0.503 e. The van der Waals surface area contributed by atoms with Gasteiger partial charge >= 0.3 is 5.51 Å². The van der Waals surface area contributed by atoms with E-state index in [9.17, 15) is 31.2 Å². The quantitative estimate of drug-likeness (QED) is 0.727. The van der Waals surface area contributed by atoms with Gasteiger partial charge in [0.1, 0.15) is 0 Å². The first-order chi connectivity index (χ1) is 13.3. The van der Waals surface area contributed by atoms with E-state index >= 15 is 0 Å². The van der Waals surface area contributed by atoms with Crippen molar-refractivity contribution in [1.29, 1.82) is 0 Å². The number of alkyl halides is 3. The molecule has 29 heavy (non-hydrogen) atoms. The summed E-state index contributed by atoms with van der Waals surface area (Å²) in [4.78, 5) is 27.8. The maximum absolute atomic E-state index is 12.9. The highest BCUT2D eigenvalue weighted by Gasteiger charge is 2.49. The number of nitrogens with zero attached hydrogens (tertiary/aromatic N) is 1. The molecule has 1 heterocycles. The van der Waals surface area contributed by atoms with Crippen LogP contribution in [0.25, 0.3) is 0 Å². The van der Waals surface area contributed by atoms with Gasteiger partial charge in [-0.3, -0.25) is 9.59 Å². The van der Waals surface area contributed by atoms with Crippen LogP contribution < -0.4 is 10.6 Å². The predicted octanol–water partition coefficient (Wildman–Crippen LogP) is 3.42. The van der Waals surface area contributed by atoms with Crippen molar-refractivity contribution in [3.63, 3.8) is 0 Å². The van der Waals surface area contributed by atoms with Gasteiger partial charge in [0.25, 0.3) is 21.7 Å². The monoisotopic (exact) mass is 449 g/mol. The van der Waals surface area contributed by atoms with Crippen molar-refractivity contribution < 1.29 is 31.2 Å². The lowest BCUT2D eigenvalue weighted by Crippen LogP contribution is -2.30. The Hall–Kier alpha value is -2.66. The molecule has 0 unspecified atom stereocenters. The van der Waals surface area contributed by atoms with E-state index < -0.39 is 37.7 Å². The molecule has 2 aromatic rings. The summed E-state index contributed by atoms with van der Waals surface area (Å²) in [6, 6.07) is 5.73. The van der Waals surface area contributed by atoms with Gasteiger partial charge in [0.05, 0.1) is 16.3 Å². The van der Waals surface area contributed by atoms with Gasteiger partial charge in [0, 0.05) is 17.8 Å². The van der Waals surface area contributed by atoms with E-state index in [1.54, 1.807) is 13.8 Å². The number of hydrogen-bond acceptors (Lipinski definition) is 5. The zero-order valence-electron chi connectivity index (χ0n) is 15.0. The Kier molecular flexibility index (Phi) is 6.53. The summed E-state index contributed by atoms with van der Waals surface area (Å²) in [6.07, 6.45) is 0.819. The van der Waals surface area contributed by atoms with E-state index in [1.807, 2.05) is 0 Å². The average molecular weight is 450 g/mol. The Labute approximate surface area is 169 Å². The van der Waals surface area contributed by atoms with Gasteiger partial charge in [-0.1, -0.05) is 11.6 Å². The van der Waals surface area contributed by atoms with Crippen LogP contribution in [0, 0.1) is 0 Å². The molecule has 7 nitrogen and oxygen atoms in total. The number of amides is 2. The van der Waals surface area contributed by atoms with Gasteiger partial charge in [0.15, 0.2) is 5.03 Å². The molecular formula is C17H15ClF3N3O4S. The minimum atomic E-state index is -5.86. The molecule has 0 aliphatic heterocycles. The minimum Gasteiger partial charge on any atom is -0.350 e. The van der Waals surface area contributed by atoms with Gasteiger partial charge in [-0.15, -0.1) is 0 Å². The molecular weight excluding hydrogens is 435 g/mol. The SMILES string of the molecule is CC(C)NC(=O)c1ccc(Cl)c(NC(=O)c2cccnc2S(=O)(=O)C(F)(F)F)c1. The second-order valence-electron chi connectivity index (χ2n) is 6.08. The van der Waals surface area contributed by atoms with Gasteiger partial charge in [-0.2, -0.15) is 13.2 Å². The number of pyridine rings is 1. The van der Waals surface area contributed by atoms with E-state index in [0.717, 1.165) is 18.3 Å². The molecule has 0 saturated heterocycles. The van der Waals surface area contributed by atoms with Gasteiger partial charge in [-0.05, 0) is 44.2 Å². The van der Waals surface area contributed by atoms with Crippen LogP contribution in [-0.2, 0) is 9.84 Å². The van der Waals surface area contributed by atoms with Crippen molar-refractivity contribution in [1.82, 2.24) is 10.3 Å². The Morgan fingerprint density at radius 2 is 1.79 bits per heavy atom. The lowest BCUT2D eigenvalue weighted by molar-refractivity contribution is -0.0438. The Balaban J connectivity index is 2.41. The van der Waals surface area contributed by atoms with Crippen LogP contribution in [0.1, 0.15) is 34.6 Å². The molecule has 0 spiro atoms. The Morgan fingerprint density at radius 3 is 2.38 bits per heavy atom. The van der Waals surface area contributed by atoms with E-state index in [2.05, 4.69) is 15.6 Å². The predicted molar refractivity (Wildman–Crippen MR) is 99.5 cm³/mol. The van der Waals surface area contributed by atoms with Crippen LogP contribution in [0.3, 0.4) is 0 Å². The summed E-state index contributed by atoms with van der Waals surface area (Å²) in [5, 5.41) is 3.40. The molecule has 12 heteroatoms. The number of halogens is 4. The number of sulfone groups is 1. The third-order valence-corrected chi connectivity index (χ3v) is 5.24. The summed E-state index contributed by atoms with van der Waals surface area (Å²) in [7, 11) is -5.86. The number of carbonyl (C=O) groups excluding carboxylic acids is 2.